The summed E-state index contributed by atoms with van der Waals surface area (Å²) in [6.45, 7) is 0.830. The summed E-state index contributed by atoms with van der Waals surface area (Å²) in [6.07, 6.45) is 1.02. The van der Waals surface area contributed by atoms with Crippen molar-refractivity contribution in [2.75, 3.05) is 13.2 Å². The second-order valence-corrected chi connectivity index (χ2v) is 7.50. The van der Waals surface area contributed by atoms with Crippen LogP contribution < -0.4 is 0 Å². The van der Waals surface area contributed by atoms with Gasteiger partial charge in [-0.05, 0) is 30.5 Å². The number of halogens is 1. The van der Waals surface area contributed by atoms with Crippen molar-refractivity contribution in [1.29, 1.82) is 5.26 Å². The maximum absolute atomic E-state index is 11.6. The van der Waals surface area contributed by atoms with Crippen molar-refractivity contribution in [2.24, 2.45) is 5.92 Å². The molecule has 1 aliphatic heterocycles. The molecule has 4 nitrogen and oxygen atoms in total. The second-order valence-electron chi connectivity index (χ2n) is 4.65. The van der Waals surface area contributed by atoms with E-state index in [9.17, 15) is 8.42 Å². The Labute approximate surface area is 117 Å². The van der Waals surface area contributed by atoms with Gasteiger partial charge in [0, 0.05) is 23.2 Å². The van der Waals surface area contributed by atoms with Crippen LogP contribution in [-0.4, -0.2) is 26.9 Å². The lowest BCUT2D eigenvalue weighted by Gasteiger charge is -2.29. The van der Waals surface area contributed by atoms with E-state index >= 15 is 0 Å². The van der Waals surface area contributed by atoms with Crippen LogP contribution in [0.5, 0.6) is 0 Å². The SMILES string of the molecule is N#Cc1ccc(CC2COCCC2S(=O)(=O)Cl)cc1. The van der Waals surface area contributed by atoms with Gasteiger partial charge >= 0.3 is 0 Å². The third-order valence-electron chi connectivity index (χ3n) is 3.35. The number of hydrogen-bond donors (Lipinski definition) is 0. The minimum absolute atomic E-state index is 0.135. The monoisotopic (exact) mass is 299 g/mol. The summed E-state index contributed by atoms with van der Waals surface area (Å²) in [5.74, 6) is -0.135. The van der Waals surface area contributed by atoms with Crippen LogP contribution in [0.1, 0.15) is 17.5 Å². The first-order valence-electron chi connectivity index (χ1n) is 6.01. The Morgan fingerprint density at radius 1 is 1.37 bits per heavy atom. The maximum atomic E-state index is 11.6. The first kappa shape index (κ1) is 14.3. The summed E-state index contributed by atoms with van der Waals surface area (Å²) in [7, 11) is 1.93. The lowest BCUT2D eigenvalue weighted by molar-refractivity contribution is 0.0577. The summed E-state index contributed by atoms with van der Waals surface area (Å²) < 4.78 is 28.5. The van der Waals surface area contributed by atoms with Crippen molar-refractivity contribution in [3.63, 3.8) is 0 Å². The molecule has 0 bridgehead atoms. The zero-order chi connectivity index (χ0) is 13.9. The van der Waals surface area contributed by atoms with E-state index in [2.05, 4.69) is 0 Å². The normalized spacial score (nSPS) is 23.8. The molecule has 0 spiro atoms. The summed E-state index contributed by atoms with van der Waals surface area (Å²) in [5, 5.41) is 8.17. The molecule has 1 fully saturated rings. The smallest absolute Gasteiger partial charge is 0.235 e. The van der Waals surface area contributed by atoms with E-state index in [-0.39, 0.29) is 5.92 Å². The number of ether oxygens (including phenoxy) is 1. The van der Waals surface area contributed by atoms with Crippen molar-refractivity contribution in [3.8, 4) is 6.07 Å². The van der Waals surface area contributed by atoms with Crippen molar-refractivity contribution < 1.29 is 13.2 Å². The average molecular weight is 300 g/mol. The fourth-order valence-corrected chi connectivity index (χ4v) is 4.07. The molecule has 2 rings (SSSR count). The van der Waals surface area contributed by atoms with Gasteiger partial charge in [-0.3, -0.25) is 0 Å². The van der Waals surface area contributed by atoms with Crippen LogP contribution >= 0.6 is 10.7 Å². The van der Waals surface area contributed by atoms with Gasteiger partial charge in [-0.2, -0.15) is 5.26 Å². The Hall–Kier alpha value is -1.09. The fraction of sp³-hybridized carbons (Fsp3) is 0.462. The minimum Gasteiger partial charge on any atom is -0.381 e. The van der Waals surface area contributed by atoms with Crippen LogP contribution in [0.25, 0.3) is 0 Å². The molecular formula is C13H14ClNO3S. The lowest BCUT2D eigenvalue weighted by atomic mass is 9.93. The molecule has 1 aromatic rings. The highest BCUT2D eigenvalue weighted by atomic mass is 35.7. The predicted molar refractivity (Wildman–Crippen MR) is 72.3 cm³/mol. The molecule has 1 heterocycles. The number of hydrogen-bond acceptors (Lipinski definition) is 4. The molecule has 0 saturated carbocycles. The lowest BCUT2D eigenvalue weighted by Crippen LogP contribution is -2.37. The minimum atomic E-state index is -3.57. The van der Waals surface area contributed by atoms with Crippen LogP contribution in [0.4, 0.5) is 0 Å². The Bertz CT molecular complexity index is 577. The Morgan fingerprint density at radius 2 is 2.05 bits per heavy atom. The van der Waals surface area contributed by atoms with Crippen LogP contribution in [0, 0.1) is 17.2 Å². The summed E-state index contributed by atoms with van der Waals surface area (Å²) >= 11 is 0. The standard InChI is InChI=1S/C13H14ClNO3S/c14-19(16,17)13-5-6-18-9-12(13)7-10-1-3-11(8-15)4-2-10/h1-4,12-13H,5-7,9H2. The van der Waals surface area contributed by atoms with Crippen LogP contribution in [0.2, 0.25) is 0 Å². The Morgan fingerprint density at radius 3 is 2.63 bits per heavy atom. The molecule has 2 unspecified atom stereocenters. The van der Waals surface area contributed by atoms with E-state index in [1.54, 1.807) is 12.1 Å². The van der Waals surface area contributed by atoms with E-state index < -0.39 is 14.3 Å². The van der Waals surface area contributed by atoms with Gasteiger partial charge in [0.25, 0.3) is 0 Å². The predicted octanol–water partition coefficient (Wildman–Crippen LogP) is 2.07. The zero-order valence-electron chi connectivity index (χ0n) is 10.3. The molecule has 6 heteroatoms. The van der Waals surface area contributed by atoms with Crippen LogP contribution in [0.15, 0.2) is 24.3 Å². The van der Waals surface area contributed by atoms with Gasteiger partial charge < -0.3 is 4.74 Å². The van der Waals surface area contributed by atoms with Crippen LogP contribution in [0.3, 0.4) is 0 Å². The van der Waals surface area contributed by atoms with E-state index in [4.69, 9.17) is 20.7 Å². The summed E-state index contributed by atoms with van der Waals surface area (Å²) in [5.41, 5.74) is 1.57. The van der Waals surface area contributed by atoms with Crippen molar-refractivity contribution >= 4 is 19.7 Å². The molecular weight excluding hydrogens is 286 g/mol. The molecule has 0 aromatic heterocycles. The fourth-order valence-electron chi connectivity index (χ4n) is 2.36. The van der Waals surface area contributed by atoms with Gasteiger partial charge in [0.2, 0.25) is 9.05 Å². The molecule has 19 heavy (non-hydrogen) atoms. The largest absolute Gasteiger partial charge is 0.381 e. The third-order valence-corrected chi connectivity index (χ3v) is 5.38. The molecule has 2 atom stereocenters. The molecule has 0 N–H and O–H groups in total. The van der Waals surface area contributed by atoms with E-state index in [0.29, 0.717) is 31.6 Å². The van der Waals surface area contributed by atoms with E-state index in [1.165, 1.54) is 0 Å². The van der Waals surface area contributed by atoms with Gasteiger partial charge in [-0.15, -0.1) is 0 Å². The van der Waals surface area contributed by atoms with Crippen molar-refractivity contribution in [2.45, 2.75) is 18.1 Å². The number of rotatable bonds is 3. The van der Waals surface area contributed by atoms with Gasteiger partial charge in [0.1, 0.15) is 0 Å². The average Bonchev–Trinajstić information content (AvgIpc) is 2.39. The molecule has 0 radical (unpaired) electrons. The molecule has 1 aromatic carbocycles. The first-order valence-corrected chi connectivity index (χ1v) is 8.38. The Balaban J connectivity index is 2.13. The molecule has 102 valence electrons. The maximum Gasteiger partial charge on any atom is 0.235 e. The molecule has 0 amide bonds. The first-order chi connectivity index (χ1) is 9.00. The van der Waals surface area contributed by atoms with Crippen molar-refractivity contribution in [1.82, 2.24) is 0 Å². The third kappa shape index (κ3) is 3.69. The highest BCUT2D eigenvalue weighted by Crippen LogP contribution is 2.27. The highest BCUT2D eigenvalue weighted by Gasteiger charge is 2.34. The zero-order valence-corrected chi connectivity index (χ0v) is 11.8. The number of nitriles is 1. The van der Waals surface area contributed by atoms with Gasteiger partial charge in [0.15, 0.2) is 0 Å². The van der Waals surface area contributed by atoms with Gasteiger partial charge in [0.05, 0.1) is 23.5 Å². The topological polar surface area (TPSA) is 67.2 Å². The number of benzene rings is 1. The quantitative estimate of drug-likeness (QED) is 0.801. The van der Waals surface area contributed by atoms with Crippen LogP contribution in [-0.2, 0) is 20.2 Å². The van der Waals surface area contributed by atoms with Crippen molar-refractivity contribution in [3.05, 3.63) is 35.4 Å². The van der Waals surface area contributed by atoms with E-state index in [1.807, 2.05) is 18.2 Å². The summed E-state index contributed by atoms with van der Waals surface area (Å²) in [6, 6.07) is 9.18. The molecule has 1 saturated heterocycles. The second kappa shape index (κ2) is 5.91. The number of nitrogens with zero attached hydrogens (tertiary/aromatic N) is 1. The van der Waals surface area contributed by atoms with Gasteiger partial charge in [-0.25, -0.2) is 8.42 Å². The van der Waals surface area contributed by atoms with E-state index in [0.717, 1.165) is 5.56 Å². The molecule has 1 aliphatic rings. The Kier molecular flexibility index (Phi) is 4.46. The summed E-state index contributed by atoms with van der Waals surface area (Å²) in [4.78, 5) is 0. The highest BCUT2D eigenvalue weighted by molar-refractivity contribution is 8.14. The molecule has 0 aliphatic carbocycles. The van der Waals surface area contributed by atoms with Gasteiger partial charge in [-0.1, -0.05) is 12.1 Å².